The number of benzene rings is 2. The highest BCUT2D eigenvalue weighted by molar-refractivity contribution is 14.1. The molecule has 0 saturated carbocycles. The number of carbonyl (C=O) groups is 2. The molecule has 0 aliphatic carbocycles. The number of ether oxygens (including phenoxy) is 2. The van der Waals surface area contributed by atoms with Crippen molar-refractivity contribution in [2.45, 2.75) is 0 Å². The number of cyclic esters (lactones) is 1. The Balaban J connectivity index is 1.90. The number of halogens is 2. The van der Waals surface area contributed by atoms with E-state index >= 15 is 0 Å². The van der Waals surface area contributed by atoms with Crippen LogP contribution in [0.1, 0.15) is 21.5 Å². The normalized spacial score (nSPS) is 15.1. The molecule has 0 fully saturated rings. The summed E-state index contributed by atoms with van der Waals surface area (Å²) in [7, 11) is 1.32. The molecule has 0 atom stereocenters. The lowest BCUT2D eigenvalue weighted by atomic mass is 10.1. The van der Waals surface area contributed by atoms with Gasteiger partial charge in [-0.3, -0.25) is 0 Å². The van der Waals surface area contributed by atoms with Crippen molar-refractivity contribution in [2.75, 3.05) is 7.11 Å². The molecule has 0 aromatic heterocycles. The van der Waals surface area contributed by atoms with Gasteiger partial charge in [0.15, 0.2) is 5.70 Å². The first kappa shape index (κ1) is 17.6. The quantitative estimate of drug-likeness (QED) is 0.388. The van der Waals surface area contributed by atoms with Gasteiger partial charge in [-0.25, -0.2) is 14.6 Å². The van der Waals surface area contributed by atoms with Crippen LogP contribution >= 0.6 is 34.2 Å². The summed E-state index contributed by atoms with van der Waals surface area (Å²) in [6, 6.07) is 12.0. The predicted octanol–water partition coefficient (Wildman–Crippen LogP) is 4.08. The van der Waals surface area contributed by atoms with E-state index < -0.39 is 11.9 Å². The lowest BCUT2D eigenvalue weighted by Crippen LogP contribution is -2.06. The molecule has 0 unspecified atom stereocenters. The molecule has 0 radical (unpaired) electrons. The van der Waals surface area contributed by atoms with Gasteiger partial charge in [-0.05, 0) is 64.6 Å². The van der Waals surface area contributed by atoms with E-state index in [0.29, 0.717) is 21.7 Å². The van der Waals surface area contributed by atoms with E-state index in [1.54, 1.807) is 42.5 Å². The van der Waals surface area contributed by atoms with Crippen LogP contribution in [0.3, 0.4) is 0 Å². The predicted molar refractivity (Wildman–Crippen MR) is 103 cm³/mol. The van der Waals surface area contributed by atoms with E-state index in [9.17, 15) is 9.59 Å². The molecule has 0 saturated heterocycles. The lowest BCUT2D eigenvalue weighted by Gasteiger charge is -2.02. The van der Waals surface area contributed by atoms with Crippen LogP contribution in [0, 0.1) is 3.57 Å². The number of hydrogen-bond acceptors (Lipinski definition) is 5. The second-order valence-corrected chi connectivity index (χ2v) is 6.73. The number of esters is 2. The van der Waals surface area contributed by atoms with Gasteiger partial charge in [0.25, 0.3) is 0 Å². The van der Waals surface area contributed by atoms with Gasteiger partial charge in [-0.1, -0.05) is 23.7 Å². The summed E-state index contributed by atoms with van der Waals surface area (Å²) < 4.78 is 10.8. The lowest BCUT2D eigenvalue weighted by molar-refractivity contribution is -0.129. The first-order valence-electron chi connectivity index (χ1n) is 7.14. The van der Waals surface area contributed by atoms with Crippen LogP contribution in [0.2, 0.25) is 5.02 Å². The van der Waals surface area contributed by atoms with Crippen molar-refractivity contribution in [3.8, 4) is 0 Å². The molecule has 3 rings (SSSR count). The summed E-state index contributed by atoms with van der Waals surface area (Å²) >= 11 is 8.30. The van der Waals surface area contributed by atoms with Crippen LogP contribution in [0.15, 0.2) is 53.2 Å². The molecule has 0 N–H and O–H groups in total. The molecule has 0 amide bonds. The minimum absolute atomic E-state index is 0.163. The average Bonchev–Trinajstić information content (AvgIpc) is 2.97. The molecule has 1 heterocycles. The highest BCUT2D eigenvalue weighted by Gasteiger charge is 2.25. The Labute approximate surface area is 162 Å². The summed E-state index contributed by atoms with van der Waals surface area (Å²) in [4.78, 5) is 27.7. The molecule has 1 aliphatic rings. The summed E-state index contributed by atoms with van der Waals surface area (Å²) in [5.41, 5.74) is 1.86. The number of nitrogens with zero attached hydrogens (tertiary/aromatic N) is 1. The molecule has 0 bridgehead atoms. The van der Waals surface area contributed by atoms with Crippen LogP contribution in [-0.4, -0.2) is 24.9 Å². The van der Waals surface area contributed by atoms with E-state index in [2.05, 4.69) is 32.3 Å². The van der Waals surface area contributed by atoms with Gasteiger partial charge < -0.3 is 9.47 Å². The zero-order chi connectivity index (χ0) is 18.0. The number of aliphatic imine (C=N–C) groups is 1. The number of rotatable bonds is 3. The van der Waals surface area contributed by atoms with Crippen LogP contribution < -0.4 is 0 Å². The molecule has 2 aromatic carbocycles. The molecular formula is C18H11ClINO4. The highest BCUT2D eigenvalue weighted by atomic mass is 127. The molecule has 126 valence electrons. The summed E-state index contributed by atoms with van der Waals surface area (Å²) in [5.74, 6) is -0.805. The Morgan fingerprint density at radius 2 is 1.96 bits per heavy atom. The number of carbonyl (C=O) groups excluding carboxylic acids is 2. The standard InChI is InChI=1S/C18H11ClINO4/c1-24-17(22)11-4-2-10(3-5-11)8-15-18(23)25-16(21-15)13-9-12(20)6-7-14(13)19/h2-9H,1H3. The van der Waals surface area contributed by atoms with Crippen molar-refractivity contribution in [3.63, 3.8) is 0 Å². The largest absolute Gasteiger partial charge is 0.465 e. The average molecular weight is 468 g/mol. The molecule has 2 aromatic rings. The van der Waals surface area contributed by atoms with E-state index in [1.807, 2.05) is 6.07 Å². The third-order valence-corrected chi connectivity index (χ3v) is 4.42. The Kier molecular flexibility index (Phi) is 5.19. The van der Waals surface area contributed by atoms with E-state index in [4.69, 9.17) is 16.3 Å². The Hall–Kier alpha value is -2.19. The van der Waals surface area contributed by atoms with Gasteiger partial charge in [-0.2, -0.15) is 0 Å². The smallest absolute Gasteiger partial charge is 0.363 e. The van der Waals surface area contributed by atoms with E-state index in [1.165, 1.54) is 7.11 Å². The fourth-order valence-electron chi connectivity index (χ4n) is 2.18. The summed E-state index contributed by atoms with van der Waals surface area (Å²) in [6.07, 6.45) is 1.58. The van der Waals surface area contributed by atoms with Gasteiger partial charge in [0, 0.05) is 3.57 Å². The second-order valence-electron chi connectivity index (χ2n) is 5.07. The van der Waals surface area contributed by atoms with Crippen molar-refractivity contribution in [1.29, 1.82) is 0 Å². The monoisotopic (exact) mass is 467 g/mol. The maximum Gasteiger partial charge on any atom is 0.363 e. The third kappa shape index (κ3) is 3.91. The highest BCUT2D eigenvalue weighted by Crippen LogP contribution is 2.25. The first-order chi connectivity index (χ1) is 12.0. The topological polar surface area (TPSA) is 65.0 Å². The second kappa shape index (κ2) is 7.37. The first-order valence-corrected chi connectivity index (χ1v) is 8.60. The van der Waals surface area contributed by atoms with Gasteiger partial charge in [0.05, 0.1) is 23.3 Å². The Bertz CT molecular complexity index is 919. The Morgan fingerprint density at radius 1 is 1.24 bits per heavy atom. The van der Waals surface area contributed by atoms with Crippen molar-refractivity contribution in [1.82, 2.24) is 0 Å². The van der Waals surface area contributed by atoms with Crippen molar-refractivity contribution in [2.24, 2.45) is 4.99 Å². The van der Waals surface area contributed by atoms with E-state index in [-0.39, 0.29) is 11.6 Å². The molecular weight excluding hydrogens is 457 g/mol. The van der Waals surface area contributed by atoms with Gasteiger partial charge in [0.1, 0.15) is 0 Å². The van der Waals surface area contributed by atoms with Crippen LogP contribution in [0.25, 0.3) is 6.08 Å². The summed E-state index contributed by atoms with van der Waals surface area (Å²) in [5, 5.41) is 0.454. The van der Waals surface area contributed by atoms with E-state index in [0.717, 1.165) is 3.57 Å². The zero-order valence-corrected chi connectivity index (χ0v) is 15.9. The molecule has 25 heavy (non-hydrogen) atoms. The summed E-state index contributed by atoms with van der Waals surface area (Å²) in [6.45, 7) is 0. The maximum absolute atomic E-state index is 12.1. The van der Waals surface area contributed by atoms with Crippen LogP contribution in [0.4, 0.5) is 0 Å². The SMILES string of the molecule is COC(=O)c1ccc(C=C2N=C(c3cc(I)ccc3Cl)OC2=O)cc1. The maximum atomic E-state index is 12.1. The number of methoxy groups -OCH3 is 1. The Morgan fingerprint density at radius 3 is 2.64 bits per heavy atom. The zero-order valence-electron chi connectivity index (χ0n) is 13.0. The number of hydrogen-bond donors (Lipinski definition) is 0. The fourth-order valence-corrected chi connectivity index (χ4v) is 2.87. The molecule has 7 heteroatoms. The third-order valence-electron chi connectivity index (χ3n) is 3.41. The fraction of sp³-hybridized carbons (Fsp3) is 0.0556. The van der Waals surface area contributed by atoms with Crippen molar-refractivity contribution < 1.29 is 19.1 Å². The molecule has 5 nitrogen and oxygen atoms in total. The van der Waals surface area contributed by atoms with Crippen LogP contribution in [0.5, 0.6) is 0 Å². The molecule has 0 spiro atoms. The van der Waals surface area contributed by atoms with Crippen molar-refractivity contribution in [3.05, 3.63) is 73.4 Å². The minimum atomic E-state index is -0.554. The minimum Gasteiger partial charge on any atom is -0.465 e. The van der Waals surface area contributed by atoms with Crippen molar-refractivity contribution >= 4 is 58.1 Å². The van der Waals surface area contributed by atoms with Gasteiger partial charge in [0.2, 0.25) is 5.90 Å². The van der Waals surface area contributed by atoms with Gasteiger partial charge in [-0.15, -0.1) is 0 Å². The molecule has 1 aliphatic heterocycles. The van der Waals surface area contributed by atoms with Crippen LogP contribution in [-0.2, 0) is 14.3 Å². The van der Waals surface area contributed by atoms with Gasteiger partial charge >= 0.3 is 11.9 Å².